The summed E-state index contributed by atoms with van der Waals surface area (Å²) in [6.07, 6.45) is 3.49. The third-order valence-corrected chi connectivity index (χ3v) is 4.56. The van der Waals surface area contributed by atoms with Crippen molar-refractivity contribution in [2.24, 2.45) is 0 Å². The minimum atomic E-state index is -0.0427. The molecule has 0 atom stereocenters. The highest BCUT2D eigenvalue weighted by molar-refractivity contribution is 7.20. The lowest BCUT2D eigenvalue weighted by Gasteiger charge is -2.29. The molecule has 0 aromatic carbocycles. The number of anilines is 1. The summed E-state index contributed by atoms with van der Waals surface area (Å²) in [4.78, 5) is 18.2. The zero-order chi connectivity index (χ0) is 14.1. The maximum Gasteiger partial charge on any atom is 0.231 e. The first kappa shape index (κ1) is 13.7. The molecule has 0 saturated carbocycles. The van der Waals surface area contributed by atoms with E-state index in [0.717, 1.165) is 5.56 Å². The molecule has 1 aliphatic heterocycles. The molecule has 0 bridgehead atoms. The predicted molar refractivity (Wildman–Crippen MR) is 80.1 cm³/mol. The Balaban J connectivity index is 1.83. The molecule has 7 heteroatoms. The Morgan fingerprint density at radius 1 is 1.50 bits per heavy atom. The van der Waals surface area contributed by atoms with Gasteiger partial charge in [0.25, 0.3) is 0 Å². The van der Waals surface area contributed by atoms with E-state index >= 15 is 0 Å². The van der Waals surface area contributed by atoms with Crippen LogP contribution in [0, 0.1) is 0 Å². The van der Waals surface area contributed by atoms with E-state index in [9.17, 15) is 4.79 Å². The molecule has 104 valence electrons. The van der Waals surface area contributed by atoms with Gasteiger partial charge in [0, 0.05) is 12.3 Å². The van der Waals surface area contributed by atoms with Gasteiger partial charge in [-0.1, -0.05) is 23.2 Å². The van der Waals surface area contributed by atoms with Gasteiger partial charge in [0.05, 0.1) is 27.8 Å². The summed E-state index contributed by atoms with van der Waals surface area (Å²) >= 11 is 13.2. The molecule has 4 nitrogen and oxygen atoms in total. The minimum Gasteiger partial charge on any atom is -0.489 e. The Hall–Kier alpha value is -1.30. The van der Waals surface area contributed by atoms with Crippen LogP contribution in [0.15, 0.2) is 24.5 Å². The fourth-order valence-corrected chi connectivity index (χ4v) is 3.56. The number of aromatic nitrogens is 1. The number of fused-ring (bicyclic) bond motifs is 1. The topological polar surface area (TPSA) is 42.4 Å². The van der Waals surface area contributed by atoms with Gasteiger partial charge in [-0.15, -0.1) is 11.3 Å². The predicted octanol–water partition coefficient (Wildman–Crippen LogP) is 3.42. The van der Waals surface area contributed by atoms with Crippen molar-refractivity contribution in [3.63, 3.8) is 0 Å². The second kappa shape index (κ2) is 5.60. The van der Waals surface area contributed by atoms with Crippen LogP contribution in [0.3, 0.4) is 0 Å². The number of amides is 1. The van der Waals surface area contributed by atoms with Crippen molar-refractivity contribution in [2.45, 2.75) is 6.42 Å². The van der Waals surface area contributed by atoms with Crippen LogP contribution < -0.4 is 9.64 Å². The molecule has 0 spiro atoms. The van der Waals surface area contributed by atoms with Gasteiger partial charge in [0.1, 0.15) is 18.0 Å². The van der Waals surface area contributed by atoms with Gasteiger partial charge < -0.3 is 9.64 Å². The standard InChI is InChI=1S/C13H10Cl2N2O2S/c14-11-5-8(13(15)20-11)6-12(18)17-3-4-19-10-1-2-16-7-9(10)17/h1-2,5,7H,3-4,6H2. The summed E-state index contributed by atoms with van der Waals surface area (Å²) in [5.41, 5.74) is 1.45. The number of thiophene rings is 1. The van der Waals surface area contributed by atoms with Crippen molar-refractivity contribution in [1.82, 2.24) is 4.98 Å². The van der Waals surface area contributed by atoms with E-state index in [4.69, 9.17) is 27.9 Å². The lowest BCUT2D eigenvalue weighted by Crippen LogP contribution is -2.38. The molecule has 2 aromatic rings. The average Bonchev–Trinajstić information content (AvgIpc) is 2.76. The van der Waals surface area contributed by atoms with E-state index in [1.54, 1.807) is 29.4 Å². The van der Waals surface area contributed by atoms with Crippen molar-refractivity contribution in [3.05, 3.63) is 38.8 Å². The van der Waals surface area contributed by atoms with Crippen molar-refractivity contribution < 1.29 is 9.53 Å². The number of hydrogen-bond donors (Lipinski definition) is 0. The highest BCUT2D eigenvalue weighted by Gasteiger charge is 2.24. The third-order valence-electron chi connectivity index (χ3n) is 2.99. The zero-order valence-electron chi connectivity index (χ0n) is 10.3. The molecule has 20 heavy (non-hydrogen) atoms. The molecule has 0 aliphatic carbocycles. The van der Waals surface area contributed by atoms with Crippen LogP contribution in [0.5, 0.6) is 5.75 Å². The molecule has 0 radical (unpaired) electrons. The number of halogens is 2. The van der Waals surface area contributed by atoms with Crippen LogP contribution in [0.25, 0.3) is 0 Å². The second-order valence-electron chi connectivity index (χ2n) is 4.26. The Kier molecular flexibility index (Phi) is 3.83. The monoisotopic (exact) mass is 328 g/mol. The first-order valence-electron chi connectivity index (χ1n) is 5.96. The maximum atomic E-state index is 12.4. The summed E-state index contributed by atoms with van der Waals surface area (Å²) in [7, 11) is 0. The molecule has 0 N–H and O–H groups in total. The summed E-state index contributed by atoms with van der Waals surface area (Å²) in [5, 5.41) is 0. The smallest absolute Gasteiger partial charge is 0.231 e. The highest BCUT2D eigenvalue weighted by atomic mass is 35.5. The first-order valence-corrected chi connectivity index (χ1v) is 7.53. The molecule has 3 heterocycles. The minimum absolute atomic E-state index is 0.0427. The fraction of sp³-hybridized carbons (Fsp3) is 0.231. The number of ether oxygens (including phenoxy) is 1. The van der Waals surface area contributed by atoms with Crippen LogP contribution in [0.2, 0.25) is 8.67 Å². The molecule has 3 rings (SSSR count). The number of pyridine rings is 1. The summed E-state index contributed by atoms with van der Waals surface area (Å²) in [6, 6.07) is 3.49. The Morgan fingerprint density at radius 2 is 2.35 bits per heavy atom. The van der Waals surface area contributed by atoms with Crippen LogP contribution >= 0.6 is 34.5 Å². The van der Waals surface area contributed by atoms with Crippen molar-refractivity contribution in [2.75, 3.05) is 18.1 Å². The molecular weight excluding hydrogens is 319 g/mol. The summed E-state index contributed by atoms with van der Waals surface area (Å²) < 4.78 is 6.65. The fourth-order valence-electron chi connectivity index (χ4n) is 2.08. The average molecular weight is 329 g/mol. The van der Waals surface area contributed by atoms with Gasteiger partial charge in [-0.3, -0.25) is 9.78 Å². The normalized spacial score (nSPS) is 13.8. The van der Waals surface area contributed by atoms with Crippen LogP contribution in [0.4, 0.5) is 5.69 Å². The van der Waals surface area contributed by atoms with Gasteiger partial charge in [-0.05, 0) is 11.6 Å². The van der Waals surface area contributed by atoms with E-state index in [1.165, 1.54) is 11.3 Å². The van der Waals surface area contributed by atoms with Crippen LogP contribution in [0.1, 0.15) is 5.56 Å². The lowest BCUT2D eigenvalue weighted by atomic mass is 10.2. The van der Waals surface area contributed by atoms with Crippen molar-refractivity contribution in [3.8, 4) is 5.75 Å². The molecule has 1 aliphatic rings. The van der Waals surface area contributed by atoms with Gasteiger partial charge in [-0.2, -0.15) is 0 Å². The number of carbonyl (C=O) groups excluding carboxylic acids is 1. The first-order chi connectivity index (χ1) is 9.65. The molecule has 0 fully saturated rings. The zero-order valence-corrected chi connectivity index (χ0v) is 12.6. The van der Waals surface area contributed by atoms with E-state index in [-0.39, 0.29) is 12.3 Å². The van der Waals surface area contributed by atoms with Gasteiger partial charge >= 0.3 is 0 Å². The molecule has 1 amide bonds. The quantitative estimate of drug-likeness (QED) is 0.848. The third kappa shape index (κ3) is 2.61. The SMILES string of the molecule is O=C(Cc1cc(Cl)sc1Cl)N1CCOc2ccncc21. The second-order valence-corrected chi connectivity index (χ2v) is 6.55. The Labute approximate surface area is 129 Å². The van der Waals surface area contributed by atoms with Gasteiger partial charge in [0.2, 0.25) is 5.91 Å². The van der Waals surface area contributed by atoms with E-state index in [2.05, 4.69) is 4.98 Å². The Bertz CT molecular complexity index is 660. The van der Waals surface area contributed by atoms with Crippen molar-refractivity contribution >= 4 is 46.1 Å². The van der Waals surface area contributed by atoms with E-state index < -0.39 is 0 Å². The lowest BCUT2D eigenvalue weighted by molar-refractivity contribution is -0.118. The van der Waals surface area contributed by atoms with E-state index in [1.807, 2.05) is 0 Å². The largest absolute Gasteiger partial charge is 0.489 e. The summed E-state index contributed by atoms with van der Waals surface area (Å²) in [6.45, 7) is 0.980. The Morgan fingerprint density at radius 3 is 3.10 bits per heavy atom. The molecule has 0 unspecified atom stereocenters. The van der Waals surface area contributed by atoms with Crippen molar-refractivity contribution in [1.29, 1.82) is 0 Å². The highest BCUT2D eigenvalue weighted by Crippen LogP contribution is 2.34. The van der Waals surface area contributed by atoms with Crippen LogP contribution in [-0.2, 0) is 11.2 Å². The van der Waals surface area contributed by atoms with Gasteiger partial charge in [0.15, 0.2) is 0 Å². The van der Waals surface area contributed by atoms with Crippen LogP contribution in [-0.4, -0.2) is 24.0 Å². The molecular formula is C13H10Cl2N2O2S. The number of nitrogens with zero attached hydrogens (tertiary/aromatic N) is 2. The number of carbonyl (C=O) groups is 1. The van der Waals surface area contributed by atoms with Gasteiger partial charge in [-0.25, -0.2) is 0 Å². The summed E-state index contributed by atoms with van der Waals surface area (Å²) in [5.74, 6) is 0.632. The number of rotatable bonds is 2. The molecule has 2 aromatic heterocycles. The number of hydrogen-bond acceptors (Lipinski definition) is 4. The van der Waals surface area contributed by atoms with E-state index in [0.29, 0.717) is 33.3 Å². The maximum absolute atomic E-state index is 12.4. The molecule has 0 saturated heterocycles.